The number of rotatable bonds is 3. The Hall–Kier alpha value is -2.36. The zero-order chi connectivity index (χ0) is 11.5. The zero-order valence-electron chi connectivity index (χ0n) is 9.24. The number of hydrogen-bond acceptors (Lipinski definition) is 3. The van der Waals surface area contributed by atoms with Gasteiger partial charge in [0.05, 0.1) is 11.9 Å². The molecule has 84 valence electrons. The van der Waals surface area contributed by atoms with Crippen LogP contribution in [0.3, 0.4) is 0 Å². The van der Waals surface area contributed by atoms with Gasteiger partial charge in [0.15, 0.2) is 0 Å². The van der Waals surface area contributed by atoms with E-state index in [4.69, 9.17) is 0 Å². The van der Waals surface area contributed by atoms with Crippen LogP contribution in [0.2, 0.25) is 0 Å². The van der Waals surface area contributed by atoms with Crippen molar-refractivity contribution in [2.75, 3.05) is 5.32 Å². The predicted octanol–water partition coefficient (Wildman–Crippen LogP) is 2.34. The summed E-state index contributed by atoms with van der Waals surface area (Å²) >= 11 is 0. The standard InChI is InChI=1S/C13H12N4/c1-2-4-11(5-3-1)8-15-12-9-16-13-14-6-7-17(13)10-12/h1-7,9-10,15H,8H2. The molecule has 0 spiro atoms. The molecule has 0 radical (unpaired) electrons. The Kier molecular flexibility index (Phi) is 2.46. The predicted molar refractivity (Wildman–Crippen MR) is 66.8 cm³/mol. The molecule has 0 fully saturated rings. The molecule has 1 aromatic carbocycles. The molecule has 0 atom stereocenters. The average molecular weight is 224 g/mol. The number of hydrogen-bond donors (Lipinski definition) is 1. The Morgan fingerprint density at radius 2 is 2.00 bits per heavy atom. The molecule has 0 bridgehead atoms. The van der Waals surface area contributed by atoms with E-state index in [2.05, 4.69) is 27.4 Å². The van der Waals surface area contributed by atoms with Crippen LogP contribution in [0.4, 0.5) is 5.69 Å². The third-order valence-corrected chi connectivity index (χ3v) is 2.58. The first-order valence-electron chi connectivity index (χ1n) is 5.48. The topological polar surface area (TPSA) is 42.2 Å². The van der Waals surface area contributed by atoms with Gasteiger partial charge in [0.1, 0.15) is 0 Å². The molecular weight excluding hydrogens is 212 g/mol. The summed E-state index contributed by atoms with van der Waals surface area (Å²) < 4.78 is 1.90. The number of nitrogens with zero attached hydrogens (tertiary/aromatic N) is 3. The highest BCUT2D eigenvalue weighted by atomic mass is 15.1. The minimum absolute atomic E-state index is 0.718. The van der Waals surface area contributed by atoms with Crippen molar-refractivity contribution in [2.24, 2.45) is 0 Å². The molecule has 0 aliphatic carbocycles. The lowest BCUT2D eigenvalue weighted by atomic mass is 10.2. The van der Waals surface area contributed by atoms with Gasteiger partial charge >= 0.3 is 0 Å². The molecule has 1 N–H and O–H groups in total. The molecule has 3 rings (SSSR count). The second-order valence-corrected chi connectivity index (χ2v) is 3.82. The summed E-state index contributed by atoms with van der Waals surface area (Å²) in [6, 6.07) is 10.3. The van der Waals surface area contributed by atoms with Crippen LogP contribution in [-0.2, 0) is 6.54 Å². The minimum atomic E-state index is 0.718. The van der Waals surface area contributed by atoms with Gasteiger partial charge in [0.25, 0.3) is 0 Å². The van der Waals surface area contributed by atoms with Gasteiger partial charge in [-0.15, -0.1) is 0 Å². The first kappa shape index (κ1) is 9.84. The molecule has 2 heterocycles. The van der Waals surface area contributed by atoms with E-state index >= 15 is 0 Å². The highest BCUT2D eigenvalue weighted by Gasteiger charge is 1.97. The molecule has 0 aliphatic heterocycles. The van der Waals surface area contributed by atoms with Crippen LogP contribution in [0.1, 0.15) is 5.56 Å². The maximum atomic E-state index is 4.24. The van der Waals surface area contributed by atoms with E-state index in [1.165, 1.54) is 5.56 Å². The number of fused-ring (bicyclic) bond motifs is 1. The third-order valence-electron chi connectivity index (χ3n) is 2.58. The van der Waals surface area contributed by atoms with Crippen molar-refractivity contribution in [1.29, 1.82) is 0 Å². The summed E-state index contributed by atoms with van der Waals surface area (Å²) in [6.07, 6.45) is 7.41. The highest BCUT2D eigenvalue weighted by Crippen LogP contribution is 2.08. The summed E-state index contributed by atoms with van der Waals surface area (Å²) in [5, 5.41) is 3.33. The fourth-order valence-electron chi connectivity index (χ4n) is 1.71. The van der Waals surface area contributed by atoms with Crippen LogP contribution in [0, 0.1) is 0 Å². The number of imidazole rings is 1. The first-order chi connectivity index (χ1) is 8.42. The summed E-state index contributed by atoms with van der Waals surface area (Å²) in [6.45, 7) is 0.794. The van der Waals surface area contributed by atoms with E-state index in [0.29, 0.717) is 0 Å². The highest BCUT2D eigenvalue weighted by molar-refractivity contribution is 5.43. The fraction of sp³-hybridized carbons (Fsp3) is 0.0769. The lowest BCUT2D eigenvalue weighted by Gasteiger charge is -2.06. The molecule has 17 heavy (non-hydrogen) atoms. The molecule has 4 heteroatoms. The summed E-state index contributed by atoms with van der Waals surface area (Å²) in [5.74, 6) is 0.718. The molecular formula is C13H12N4. The second kappa shape index (κ2) is 4.25. The van der Waals surface area contributed by atoms with E-state index in [1.54, 1.807) is 12.4 Å². The Bertz CT molecular complexity index is 615. The van der Waals surface area contributed by atoms with E-state index in [1.807, 2.05) is 35.0 Å². The fourth-order valence-corrected chi connectivity index (χ4v) is 1.71. The van der Waals surface area contributed by atoms with Crippen molar-refractivity contribution in [1.82, 2.24) is 14.4 Å². The molecule has 4 nitrogen and oxygen atoms in total. The SMILES string of the molecule is c1ccc(CNc2cnc3nccn3c2)cc1. The third kappa shape index (κ3) is 2.10. The molecule has 3 aromatic rings. The number of anilines is 1. The van der Waals surface area contributed by atoms with Crippen molar-refractivity contribution in [3.05, 3.63) is 60.7 Å². The van der Waals surface area contributed by atoms with E-state index in [-0.39, 0.29) is 0 Å². The normalized spacial score (nSPS) is 10.6. The van der Waals surface area contributed by atoms with E-state index < -0.39 is 0 Å². The van der Waals surface area contributed by atoms with E-state index in [0.717, 1.165) is 18.0 Å². The number of aromatic nitrogens is 3. The lowest BCUT2D eigenvalue weighted by Crippen LogP contribution is -2.01. The molecule has 0 amide bonds. The van der Waals surface area contributed by atoms with Crippen LogP contribution >= 0.6 is 0 Å². The van der Waals surface area contributed by atoms with Crippen molar-refractivity contribution >= 4 is 11.5 Å². The van der Waals surface area contributed by atoms with Gasteiger partial charge in [-0.1, -0.05) is 30.3 Å². The van der Waals surface area contributed by atoms with Crippen molar-refractivity contribution in [3.8, 4) is 0 Å². The molecule has 2 aromatic heterocycles. The Labute approximate surface area is 99.0 Å². The Balaban J connectivity index is 1.76. The van der Waals surface area contributed by atoms with Gasteiger partial charge in [-0.2, -0.15) is 0 Å². The van der Waals surface area contributed by atoms with Crippen molar-refractivity contribution < 1.29 is 0 Å². The molecule has 0 aliphatic rings. The molecule has 0 saturated heterocycles. The van der Waals surface area contributed by atoms with Crippen molar-refractivity contribution in [2.45, 2.75) is 6.54 Å². The number of benzene rings is 1. The van der Waals surface area contributed by atoms with Crippen LogP contribution < -0.4 is 5.32 Å². The second-order valence-electron chi connectivity index (χ2n) is 3.82. The van der Waals surface area contributed by atoms with Gasteiger partial charge in [-0.3, -0.25) is 4.40 Å². The summed E-state index contributed by atoms with van der Waals surface area (Å²) in [5.41, 5.74) is 2.23. The molecule has 0 saturated carbocycles. The Morgan fingerprint density at radius 3 is 2.88 bits per heavy atom. The maximum absolute atomic E-state index is 4.24. The van der Waals surface area contributed by atoms with Crippen molar-refractivity contribution in [3.63, 3.8) is 0 Å². The van der Waals surface area contributed by atoms with Gasteiger partial charge in [-0.25, -0.2) is 9.97 Å². The van der Waals surface area contributed by atoms with Crippen LogP contribution in [0.5, 0.6) is 0 Å². The zero-order valence-corrected chi connectivity index (χ0v) is 9.24. The monoisotopic (exact) mass is 224 g/mol. The Morgan fingerprint density at radius 1 is 1.12 bits per heavy atom. The van der Waals surface area contributed by atoms with Gasteiger partial charge < -0.3 is 5.32 Å². The summed E-state index contributed by atoms with van der Waals surface area (Å²) in [7, 11) is 0. The van der Waals surface area contributed by atoms with Crippen LogP contribution in [-0.4, -0.2) is 14.4 Å². The van der Waals surface area contributed by atoms with Gasteiger partial charge in [-0.05, 0) is 5.56 Å². The van der Waals surface area contributed by atoms with Crippen LogP contribution in [0.25, 0.3) is 5.78 Å². The number of nitrogens with one attached hydrogen (secondary N) is 1. The largest absolute Gasteiger partial charge is 0.379 e. The van der Waals surface area contributed by atoms with Crippen LogP contribution in [0.15, 0.2) is 55.1 Å². The van der Waals surface area contributed by atoms with Gasteiger partial charge in [0.2, 0.25) is 5.78 Å². The van der Waals surface area contributed by atoms with Gasteiger partial charge in [0, 0.05) is 25.1 Å². The maximum Gasteiger partial charge on any atom is 0.233 e. The quantitative estimate of drug-likeness (QED) is 0.742. The van der Waals surface area contributed by atoms with E-state index in [9.17, 15) is 0 Å². The minimum Gasteiger partial charge on any atom is -0.379 e. The smallest absolute Gasteiger partial charge is 0.233 e. The summed E-state index contributed by atoms with van der Waals surface area (Å²) in [4.78, 5) is 8.34. The molecule has 0 unspecified atom stereocenters. The average Bonchev–Trinajstić information content (AvgIpc) is 2.85. The first-order valence-corrected chi connectivity index (χ1v) is 5.48. The lowest BCUT2D eigenvalue weighted by molar-refractivity contribution is 1.07.